The molecule has 23 heavy (non-hydrogen) atoms. The smallest absolute Gasteiger partial charge is 0.260 e. The summed E-state index contributed by atoms with van der Waals surface area (Å²) in [7, 11) is 3.31. The van der Waals surface area contributed by atoms with Gasteiger partial charge in [0.1, 0.15) is 11.5 Å². The van der Waals surface area contributed by atoms with Crippen molar-refractivity contribution in [3.63, 3.8) is 0 Å². The van der Waals surface area contributed by atoms with Gasteiger partial charge in [-0.1, -0.05) is 29.3 Å². The predicted octanol–water partition coefficient (Wildman–Crippen LogP) is 4.04. The fourth-order valence-electron chi connectivity index (χ4n) is 1.93. The molecule has 2 rings (SSSR count). The lowest BCUT2D eigenvalue weighted by atomic mass is 10.2. The van der Waals surface area contributed by atoms with Crippen LogP contribution in [0.2, 0.25) is 10.0 Å². The van der Waals surface area contributed by atoms with E-state index in [4.69, 9.17) is 32.7 Å². The van der Waals surface area contributed by atoms with E-state index in [2.05, 4.69) is 0 Å². The first-order valence-corrected chi connectivity index (χ1v) is 7.70. The van der Waals surface area contributed by atoms with Crippen LogP contribution in [0.25, 0.3) is 0 Å². The summed E-state index contributed by atoms with van der Waals surface area (Å²) in [5, 5.41) is 0.965. The van der Waals surface area contributed by atoms with Gasteiger partial charge in [0.05, 0.1) is 17.2 Å². The highest BCUT2D eigenvalue weighted by Crippen LogP contribution is 2.23. The number of ether oxygens (including phenoxy) is 2. The minimum atomic E-state index is -0.133. The number of carbonyl (C=O) groups excluding carboxylic acids is 1. The van der Waals surface area contributed by atoms with E-state index in [9.17, 15) is 4.79 Å². The third kappa shape index (κ3) is 5.05. The summed E-state index contributed by atoms with van der Waals surface area (Å²) in [6, 6.07) is 12.4. The Morgan fingerprint density at radius 3 is 2.30 bits per heavy atom. The van der Waals surface area contributed by atoms with Crippen LogP contribution in [0.1, 0.15) is 5.56 Å². The van der Waals surface area contributed by atoms with Crippen molar-refractivity contribution < 1.29 is 14.3 Å². The first kappa shape index (κ1) is 17.4. The van der Waals surface area contributed by atoms with Gasteiger partial charge in [-0.2, -0.15) is 0 Å². The molecule has 0 N–H and O–H groups in total. The zero-order valence-electron chi connectivity index (χ0n) is 12.9. The molecule has 0 saturated carbocycles. The van der Waals surface area contributed by atoms with Crippen molar-refractivity contribution in [2.24, 2.45) is 0 Å². The van der Waals surface area contributed by atoms with Crippen molar-refractivity contribution in [2.45, 2.75) is 6.54 Å². The maximum Gasteiger partial charge on any atom is 0.260 e. The van der Waals surface area contributed by atoms with Gasteiger partial charge in [-0.3, -0.25) is 4.79 Å². The molecule has 0 heterocycles. The Morgan fingerprint density at radius 2 is 1.70 bits per heavy atom. The van der Waals surface area contributed by atoms with Gasteiger partial charge in [0, 0.05) is 13.6 Å². The molecule has 1 amide bonds. The highest BCUT2D eigenvalue weighted by molar-refractivity contribution is 6.42. The van der Waals surface area contributed by atoms with E-state index in [0.717, 1.165) is 11.3 Å². The van der Waals surface area contributed by atoms with Gasteiger partial charge in [0.15, 0.2) is 6.61 Å². The minimum Gasteiger partial charge on any atom is -0.497 e. The second-order valence-corrected chi connectivity index (χ2v) is 5.78. The Morgan fingerprint density at radius 1 is 1.04 bits per heavy atom. The Labute approximate surface area is 145 Å². The Bertz CT molecular complexity index is 674. The topological polar surface area (TPSA) is 38.8 Å². The number of benzene rings is 2. The van der Waals surface area contributed by atoms with Crippen molar-refractivity contribution in [3.05, 3.63) is 58.1 Å². The molecule has 0 spiro atoms. The first-order chi connectivity index (χ1) is 11.0. The van der Waals surface area contributed by atoms with E-state index in [-0.39, 0.29) is 12.5 Å². The van der Waals surface area contributed by atoms with Crippen LogP contribution in [-0.4, -0.2) is 31.6 Å². The summed E-state index contributed by atoms with van der Waals surface area (Å²) in [5.41, 5.74) is 0.902. The lowest BCUT2D eigenvalue weighted by Crippen LogP contribution is -2.30. The zero-order chi connectivity index (χ0) is 16.8. The van der Waals surface area contributed by atoms with Gasteiger partial charge >= 0.3 is 0 Å². The third-order valence-corrected chi connectivity index (χ3v) is 3.99. The third-order valence-electron chi connectivity index (χ3n) is 3.25. The van der Waals surface area contributed by atoms with Gasteiger partial charge in [-0.15, -0.1) is 0 Å². The Kier molecular flexibility index (Phi) is 6.13. The fourth-order valence-corrected chi connectivity index (χ4v) is 2.25. The van der Waals surface area contributed by atoms with Gasteiger partial charge in [0.2, 0.25) is 0 Å². The molecular weight excluding hydrogens is 337 g/mol. The largest absolute Gasteiger partial charge is 0.497 e. The molecule has 0 aliphatic rings. The molecule has 122 valence electrons. The van der Waals surface area contributed by atoms with Crippen LogP contribution in [-0.2, 0) is 11.3 Å². The number of amides is 1. The van der Waals surface area contributed by atoms with Gasteiger partial charge in [-0.05, 0) is 42.0 Å². The molecule has 0 bridgehead atoms. The quantitative estimate of drug-likeness (QED) is 0.786. The molecule has 0 unspecified atom stereocenters. The predicted molar refractivity (Wildman–Crippen MR) is 91.4 cm³/mol. The number of carbonyl (C=O) groups is 1. The molecule has 2 aromatic carbocycles. The van der Waals surface area contributed by atoms with Gasteiger partial charge < -0.3 is 14.4 Å². The maximum atomic E-state index is 12.1. The van der Waals surface area contributed by atoms with Crippen molar-refractivity contribution in [3.8, 4) is 11.5 Å². The first-order valence-electron chi connectivity index (χ1n) is 6.94. The molecule has 4 nitrogen and oxygen atoms in total. The molecule has 0 aliphatic heterocycles. The summed E-state index contributed by atoms with van der Waals surface area (Å²) in [6.45, 7) is 0.395. The summed E-state index contributed by atoms with van der Waals surface area (Å²) < 4.78 is 10.5. The molecule has 0 fully saturated rings. The lowest BCUT2D eigenvalue weighted by Gasteiger charge is -2.18. The van der Waals surface area contributed by atoms with E-state index in [1.54, 1.807) is 55.5 Å². The monoisotopic (exact) mass is 353 g/mol. The van der Waals surface area contributed by atoms with Crippen molar-refractivity contribution in [1.29, 1.82) is 0 Å². The van der Waals surface area contributed by atoms with Crippen molar-refractivity contribution >= 4 is 29.1 Å². The van der Waals surface area contributed by atoms with Crippen LogP contribution in [0, 0.1) is 0 Å². The van der Waals surface area contributed by atoms with Gasteiger partial charge in [0.25, 0.3) is 5.91 Å². The van der Waals surface area contributed by atoms with E-state index in [1.165, 1.54) is 0 Å². The summed E-state index contributed by atoms with van der Waals surface area (Å²) in [4.78, 5) is 13.7. The van der Waals surface area contributed by atoms with Crippen LogP contribution in [0.4, 0.5) is 0 Å². The number of halogens is 2. The number of rotatable bonds is 6. The molecule has 2 aromatic rings. The Balaban J connectivity index is 1.87. The fraction of sp³-hybridized carbons (Fsp3) is 0.235. The zero-order valence-corrected chi connectivity index (χ0v) is 14.4. The molecule has 0 aromatic heterocycles. The van der Waals surface area contributed by atoms with Gasteiger partial charge in [-0.25, -0.2) is 0 Å². The molecule has 0 atom stereocenters. The molecular formula is C17H17Cl2NO3. The average Bonchev–Trinajstić information content (AvgIpc) is 2.56. The standard InChI is InChI=1S/C17H17Cl2NO3/c1-20(10-12-3-8-15(18)16(19)9-12)17(21)11-23-14-6-4-13(22-2)5-7-14/h3-9H,10-11H2,1-2H3. The Hall–Kier alpha value is -1.91. The highest BCUT2D eigenvalue weighted by atomic mass is 35.5. The van der Waals surface area contributed by atoms with E-state index >= 15 is 0 Å². The van der Waals surface area contributed by atoms with E-state index < -0.39 is 0 Å². The molecule has 6 heteroatoms. The number of hydrogen-bond acceptors (Lipinski definition) is 3. The second kappa shape index (κ2) is 8.09. The van der Waals surface area contributed by atoms with Crippen LogP contribution in [0.15, 0.2) is 42.5 Å². The number of likely N-dealkylation sites (N-methyl/N-ethyl adjacent to an activating group) is 1. The lowest BCUT2D eigenvalue weighted by molar-refractivity contribution is -0.132. The summed E-state index contributed by atoms with van der Waals surface area (Å²) in [6.07, 6.45) is 0. The highest BCUT2D eigenvalue weighted by Gasteiger charge is 2.11. The van der Waals surface area contributed by atoms with Crippen LogP contribution in [0.5, 0.6) is 11.5 Å². The van der Waals surface area contributed by atoms with Crippen LogP contribution < -0.4 is 9.47 Å². The maximum absolute atomic E-state index is 12.1. The number of hydrogen-bond donors (Lipinski definition) is 0. The minimum absolute atomic E-state index is 0.0375. The van der Waals surface area contributed by atoms with E-state index in [1.807, 2.05) is 6.07 Å². The summed E-state index contributed by atoms with van der Waals surface area (Å²) >= 11 is 11.8. The van der Waals surface area contributed by atoms with Crippen molar-refractivity contribution in [1.82, 2.24) is 4.90 Å². The second-order valence-electron chi connectivity index (χ2n) is 4.96. The molecule has 0 radical (unpaired) electrons. The molecule has 0 saturated heterocycles. The normalized spacial score (nSPS) is 10.3. The van der Waals surface area contributed by atoms with Crippen LogP contribution in [0.3, 0.4) is 0 Å². The number of nitrogens with zero attached hydrogens (tertiary/aromatic N) is 1. The summed E-state index contributed by atoms with van der Waals surface area (Å²) in [5.74, 6) is 1.22. The van der Waals surface area contributed by atoms with Crippen LogP contribution >= 0.6 is 23.2 Å². The SMILES string of the molecule is COc1ccc(OCC(=O)N(C)Cc2ccc(Cl)c(Cl)c2)cc1. The number of methoxy groups -OCH3 is 1. The van der Waals surface area contributed by atoms with Crippen molar-refractivity contribution in [2.75, 3.05) is 20.8 Å². The van der Waals surface area contributed by atoms with E-state index in [0.29, 0.717) is 22.3 Å². The average molecular weight is 354 g/mol. The molecule has 0 aliphatic carbocycles.